The monoisotopic (exact) mass is 395 g/mol. The van der Waals surface area contributed by atoms with Crippen LogP contribution in [0, 0.1) is 5.82 Å². The van der Waals surface area contributed by atoms with E-state index in [1.807, 2.05) is 0 Å². The quantitative estimate of drug-likeness (QED) is 0.844. The predicted molar refractivity (Wildman–Crippen MR) is 87.5 cm³/mol. The molecule has 1 amide bonds. The van der Waals surface area contributed by atoms with E-state index < -0.39 is 17.9 Å². The highest BCUT2D eigenvalue weighted by molar-refractivity contribution is 9.10. The van der Waals surface area contributed by atoms with Crippen molar-refractivity contribution in [2.24, 2.45) is 0 Å². The molecule has 1 heterocycles. The van der Waals surface area contributed by atoms with Crippen molar-refractivity contribution in [1.82, 2.24) is 14.7 Å². The third-order valence-electron chi connectivity index (χ3n) is 3.91. The molecule has 1 saturated carbocycles. The van der Waals surface area contributed by atoms with Crippen molar-refractivity contribution in [3.8, 4) is 5.69 Å². The van der Waals surface area contributed by atoms with Gasteiger partial charge in [-0.15, -0.1) is 0 Å². The Balaban J connectivity index is 1.92. The van der Waals surface area contributed by atoms with Crippen molar-refractivity contribution in [3.05, 3.63) is 46.4 Å². The Morgan fingerprint density at radius 3 is 2.54 bits per heavy atom. The molecule has 8 heteroatoms. The molecule has 6 nitrogen and oxygen atoms in total. The third-order valence-corrected chi connectivity index (χ3v) is 4.49. The molecule has 1 atom stereocenters. The Bertz CT molecular complexity index is 786. The van der Waals surface area contributed by atoms with Crippen LogP contribution < -0.4 is 0 Å². The lowest BCUT2D eigenvalue weighted by Gasteiger charge is -2.25. The second kappa shape index (κ2) is 6.35. The SMILES string of the molecule is CC(C(=O)O)N(C(=O)c1nn(-c2ccc(F)cc2)cc1Br)C1CC1. The fraction of sp³-hybridized carbons (Fsp3) is 0.312. The van der Waals surface area contributed by atoms with E-state index in [1.54, 1.807) is 18.3 Å². The van der Waals surface area contributed by atoms with Crippen molar-refractivity contribution in [2.45, 2.75) is 31.8 Å². The van der Waals surface area contributed by atoms with Gasteiger partial charge >= 0.3 is 5.97 Å². The first-order valence-electron chi connectivity index (χ1n) is 7.45. The summed E-state index contributed by atoms with van der Waals surface area (Å²) in [5, 5.41) is 13.5. The second-order valence-electron chi connectivity index (χ2n) is 5.70. The number of amides is 1. The molecule has 0 saturated heterocycles. The van der Waals surface area contributed by atoms with E-state index in [0.717, 1.165) is 12.8 Å². The Labute approximate surface area is 146 Å². The lowest BCUT2D eigenvalue weighted by molar-refractivity contribution is -0.141. The number of aliphatic carboxylic acids is 1. The Morgan fingerprint density at radius 1 is 1.38 bits per heavy atom. The lowest BCUT2D eigenvalue weighted by atomic mass is 10.2. The molecular weight excluding hydrogens is 381 g/mol. The predicted octanol–water partition coefficient (Wildman–Crippen LogP) is 2.85. The summed E-state index contributed by atoms with van der Waals surface area (Å²) in [4.78, 5) is 25.4. The van der Waals surface area contributed by atoms with Crippen molar-refractivity contribution in [2.75, 3.05) is 0 Å². The van der Waals surface area contributed by atoms with Gasteiger partial charge in [0.2, 0.25) is 0 Å². The highest BCUT2D eigenvalue weighted by atomic mass is 79.9. The van der Waals surface area contributed by atoms with Crippen LogP contribution in [-0.4, -0.2) is 43.7 Å². The zero-order valence-electron chi connectivity index (χ0n) is 12.8. The van der Waals surface area contributed by atoms with Gasteiger partial charge in [0.15, 0.2) is 5.69 Å². The largest absolute Gasteiger partial charge is 0.480 e. The van der Waals surface area contributed by atoms with Gasteiger partial charge in [-0.1, -0.05) is 0 Å². The number of benzene rings is 1. The molecule has 24 heavy (non-hydrogen) atoms. The fourth-order valence-corrected chi connectivity index (χ4v) is 2.92. The molecule has 1 aromatic carbocycles. The number of carboxylic acids is 1. The minimum absolute atomic E-state index is 0.0635. The number of hydrogen-bond donors (Lipinski definition) is 1. The van der Waals surface area contributed by atoms with E-state index in [9.17, 15) is 19.1 Å². The second-order valence-corrected chi connectivity index (χ2v) is 6.56. The zero-order valence-corrected chi connectivity index (χ0v) is 14.4. The molecule has 1 aromatic heterocycles. The maximum atomic E-state index is 13.0. The van der Waals surface area contributed by atoms with E-state index in [0.29, 0.717) is 10.2 Å². The van der Waals surface area contributed by atoms with Crippen molar-refractivity contribution in [3.63, 3.8) is 0 Å². The van der Waals surface area contributed by atoms with Crippen LogP contribution in [0.15, 0.2) is 34.9 Å². The fourth-order valence-electron chi connectivity index (χ4n) is 2.48. The van der Waals surface area contributed by atoms with E-state index in [-0.39, 0.29) is 17.6 Å². The van der Waals surface area contributed by atoms with Crippen LogP contribution >= 0.6 is 15.9 Å². The summed E-state index contributed by atoms with van der Waals surface area (Å²) >= 11 is 3.30. The molecule has 1 aliphatic carbocycles. The number of carbonyl (C=O) groups excluding carboxylic acids is 1. The normalized spacial score (nSPS) is 15.1. The number of aromatic nitrogens is 2. The maximum absolute atomic E-state index is 13.0. The number of halogens is 2. The summed E-state index contributed by atoms with van der Waals surface area (Å²) in [6.07, 6.45) is 3.18. The summed E-state index contributed by atoms with van der Waals surface area (Å²) in [6.45, 7) is 1.49. The smallest absolute Gasteiger partial charge is 0.326 e. The van der Waals surface area contributed by atoms with Crippen LogP contribution in [0.25, 0.3) is 5.69 Å². The van der Waals surface area contributed by atoms with E-state index in [1.165, 1.54) is 28.6 Å². The summed E-state index contributed by atoms with van der Waals surface area (Å²) < 4.78 is 14.9. The molecule has 1 aliphatic rings. The van der Waals surface area contributed by atoms with Gasteiger partial charge in [0.05, 0.1) is 10.2 Å². The first-order valence-corrected chi connectivity index (χ1v) is 8.24. The summed E-state index contributed by atoms with van der Waals surface area (Å²) in [5.41, 5.74) is 0.736. The van der Waals surface area contributed by atoms with E-state index >= 15 is 0 Å². The third kappa shape index (κ3) is 3.19. The van der Waals surface area contributed by atoms with Crippen LogP contribution in [0.1, 0.15) is 30.3 Å². The number of hydrogen-bond acceptors (Lipinski definition) is 3. The van der Waals surface area contributed by atoms with Gasteiger partial charge in [-0.25, -0.2) is 13.9 Å². The first-order chi connectivity index (χ1) is 11.4. The van der Waals surface area contributed by atoms with Crippen molar-refractivity contribution < 1.29 is 19.1 Å². The van der Waals surface area contributed by atoms with Crippen molar-refractivity contribution >= 4 is 27.8 Å². The molecule has 0 spiro atoms. The van der Waals surface area contributed by atoms with Gasteiger partial charge in [-0.3, -0.25) is 4.79 Å². The maximum Gasteiger partial charge on any atom is 0.326 e. The lowest BCUT2D eigenvalue weighted by Crippen LogP contribution is -2.45. The minimum Gasteiger partial charge on any atom is -0.480 e. The van der Waals surface area contributed by atoms with Gasteiger partial charge in [0, 0.05) is 12.2 Å². The number of carboxylic acid groups (broad SMARTS) is 1. The molecule has 1 fully saturated rings. The average molecular weight is 396 g/mol. The molecule has 1 N–H and O–H groups in total. The topological polar surface area (TPSA) is 75.4 Å². The molecule has 0 bridgehead atoms. The molecule has 1 unspecified atom stereocenters. The minimum atomic E-state index is -1.05. The Morgan fingerprint density at radius 2 is 2.00 bits per heavy atom. The van der Waals surface area contributed by atoms with Crippen LogP contribution in [0.2, 0.25) is 0 Å². The van der Waals surface area contributed by atoms with E-state index in [2.05, 4.69) is 21.0 Å². The van der Waals surface area contributed by atoms with Crippen LogP contribution in [0.5, 0.6) is 0 Å². The highest BCUT2D eigenvalue weighted by Crippen LogP contribution is 2.31. The molecule has 2 aromatic rings. The highest BCUT2D eigenvalue weighted by Gasteiger charge is 2.40. The number of nitrogens with zero attached hydrogens (tertiary/aromatic N) is 3. The Hall–Kier alpha value is -2.22. The van der Waals surface area contributed by atoms with Gasteiger partial charge in [0.25, 0.3) is 5.91 Å². The summed E-state index contributed by atoms with van der Waals surface area (Å²) in [7, 11) is 0. The van der Waals surface area contributed by atoms with E-state index in [4.69, 9.17) is 0 Å². The molecule has 3 rings (SSSR count). The number of rotatable bonds is 5. The number of carbonyl (C=O) groups is 2. The molecule has 0 aliphatic heterocycles. The van der Waals surface area contributed by atoms with Gasteiger partial charge in [-0.2, -0.15) is 5.10 Å². The van der Waals surface area contributed by atoms with Gasteiger partial charge in [-0.05, 0) is 60.0 Å². The summed E-state index contributed by atoms with van der Waals surface area (Å²) in [5.74, 6) is -1.85. The average Bonchev–Trinajstić information content (AvgIpc) is 3.29. The molecule has 126 valence electrons. The molecular formula is C16H15BrFN3O3. The van der Waals surface area contributed by atoms with Gasteiger partial charge in [0.1, 0.15) is 11.9 Å². The van der Waals surface area contributed by atoms with Crippen LogP contribution in [0.3, 0.4) is 0 Å². The van der Waals surface area contributed by atoms with Crippen molar-refractivity contribution in [1.29, 1.82) is 0 Å². The summed E-state index contributed by atoms with van der Waals surface area (Å²) in [6, 6.07) is 4.70. The molecule has 0 radical (unpaired) electrons. The zero-order chi connectivity index (χ0) is 17.4. The first kappa shape index (κ1) is 16.6. The van der Waals surface area contributed by atoms with Gasteiger partial charge < -0.3 is 10.0 Å². The van der Waals surface area contributed by atoms with Crippen LogP contribution in [-0.2, 0) is 4.79 Å². The van der Waals surface area contributed by atoms with Crippen LogP contribution in [0.4, 0.5) is 4.39 Å². The Kier molecular flexibility index (Phi) is 4.40. The standard InChI is InChI=1S/C16H15BrFN3O3/c1-9(16(23)24)21(12-6-7-12)15(22)14-13(17)8-20(19-14)11-4-2-10(18)3-5-11/h2-5,8-9,12H,6-7H2,1H3,(H,23,24).